The predicted molar refractivity (Wildman–Crippen MR) is 116 cm³/mol. The topological polar surface area (TPSA) is 110 Å². The third kappa shape index (κ3) is 4.62. The first-order valence-corrected chi connectivity index (χ1v) is 12.0. The second-order valence-electron chi connectivity index (χ2n) is 7.74. The van der Waals surface area contributed by atoms with E-state index in [0.717, 1.165) is 24.3 Å². The lowest BCUT2D eigenvalue weighted by atomic mass is 9.93. The van der Waals surface area contributed by atoms with Gasteiger partial charge >= 0.3 is 11.5 Å². The number of methoxy groups -OCH3 is 1. The Morgan fingerprint density at radius 1 is 1.17 bits per heavy atom. The molecule has 1 unspecified atom stereocenters. The Bertz CT molecular complexity index is 1230. The van der Waals surface area contributed by atoms with Crippen LogP contribution in [0.3, 0.4) is 0 Å². The second kappa shape index (κ2) is 9.00. The fourth-order valence-corrected chi connectivity index (χ4v) is 4.55. The van der Waals surface area contributed by atoms with Crippen LogP contribution in [0.2, 0.25) is 0 Å². The quantitative estimate of drug-likeness (QED) is 0.412. The summed E-state index contributed by atoms with van der Waals surface area (Å²) in [4.78, 5) is 12.0. The summed E-state index contributed by atoms with van der Waals surface area (Å²) in [5, 5.41) is 12.7. The molecule has 14 heteroatoms. The number of carbonyl (C=O) groups is 1. The van der Waals surface area contributed by atoms with Gasteiger partial charge in [-0.2, -0.15) is 13.2 Å². The third-order valence-electron chi connectivity index (χ3n) is 5.56. The van der Waals surface area contributed by atoms with Crippen molar-refractivity contribution in [3.8, 4) is 17.2 Å². The molecule has 0 bridgehead atoms. The zero-order chi connectivity index (χ0) is 25.5. The monoisotopic (exact) mass is 518 g/mol. The Hall–Kier alpha value is -3.39. The first-order valence-electron chi connectivity index (χ1n) is 10.0. The van der Waals surface area contributed by atoms with Crippen LogP contribution >= 0.6 is 10.3 Å². The fraction of sp³-hybridized carbons (Fsp3) is 0.286. The van der Waals surface area contributed by atoms with E-state index in [1.54, 1.807) is 0 Å². The molecule has 2 aromatic carbocycles. The molecule has 3 N–H and O–H groups in total. The maximum Gasteiger partial charge on any atom is 0.450 e. The number of nitrogens with one attached hydrogen (secondary N) is 2. The highest BCUT2D eigenvalue weighted by atomic mass is 32.3. The summed E-state index contributed by atoms with van der Waals surface area (Å²) in [5.41, 5.74) is -4.86. The van der Waals surface area contributed by atoms with Crippen molar-refractivity contribution in [2.45, 2.75) is 22.4 Å². The molecule has 0 aliphatic carbocycles. The number of nitrogens with zero attached hydrogens (tertiary/aromatic N) is 2. The fourth-order valence-electron chi connectivity index (χ4n) is 3.62. The molecule has 1 fully saturated rings. The summed E-state index contributed by atoms with van der Waals surface area (Å²) >= 11 is 0. The molecule has 8 nitrogen and oxygen atoms in total. The van der Waals surface area contributed by atoms with E-state index >= 15 is 0 Å². The Balaban J connectivity index is 1.55. The van der Waals surface area contributed by atoms with Crippen molar-refractivity contribution < 1.29 is 40.5 Å². The van der Waals surface area contributed by atoms with Crippen molar-refractivity contribution in [3.63, 3.8) is 0 Å². The zero-order valence-electron chi connectivity index (χ0n) is 18.2. The number of hydrogen-bond donors (Lipinski definition) is 3. The van der Waals surface area contributed by atoms with Gasteiger partial charge in [-0.25, -0.2) is 8.78 Å². The Morgan fingerprint density at radius 2 is 1.80 bits per heavy atom. The molecular weight excluding hydrogens is 499 g/mol. The van der Waals surface area contributed by atoms with E-state index in [4.69, 9.17) is 9.15 Å². The molecule has 1 aromatic heterocycles. The van der Waals surface area contributed by atoms with Crippen molar-refractivity contribution in [1.82, 2.24) is 15.5 Å². The lowest BCUT2D eigenvalue weighted by molar-refractivity contribution is -0.119. The normalized spacial score (nSPS) is 20.7. The van der Waals surface area contributed by atoms with Crippen LogP contribution in [0.25, 0.3) is 11.5 Å². The Kier molecular flexibility index (Phi) is 6.36. The number of benzene rings is 2. The summed E-state index contributed by atoms with van der Waals surface area (Å²) in [6.45, 7) is -0.0550. The van der Waals surface area contributed by atoms with Crippen LogP contribution in [0.15, 0.2) is 45.7 Å². The minimum Gasteiger partial charge on any atom is -0.497 e. The minimum absolute atomic E-state index is 0.0172. The number of aromatic nitrogens is 2. The number of carbonyl (C=O) groups excluding carboxylic acids is 1. The van der Waals surface area contributed by atoms with Gasteiger partial charge in [-0.3, -0.25) is 4.79 Å². The van der Waals surface area contributed by atoms with Crippen molar-refractivity contribution in [3.05, 3.63) is 53.6 Å². The van der Waals surface area contributed by atoms with Crippen LogP contribution in [0, 0.1) is 11.6 Å². The minimum atomic E-state index is -4.79. The molecule has 1 amide bonds. The van der Waals surface area contributed by atoms with Gasteiger partial charge < -0.3 is 24.3 Å². The number of hydrogen-bond acceptors (Lipinski definition) is 7. The summed E-state index contributed by atoms with van der Waals surface area (Å²) in [6.07, 6.45) is 0.717. The molecular formula is C21H19F5N4O4S. The van der Waals surface area contributed by atoms with Crippen molar-refractivity contribution in [1.29, 1.82) is 0 Å². The first kappa shape index (κ1) is 24.7. The average molecular weight is 518 g/mol. The maximum absolute atomic E-state index is 14.6. The number of amides is 1. The van der Waals surface area contributed by atoms with Crippen LogP contribution < -0.4 is 15.4 Å². The maximum atomic E-state index is 14.6. The summed E-state index contributed by atoms with van der Waals surface area (Å²) in [5.74, 6) is -3.38. The molecule has 4 rings (SSSR count). The molecule has 35 heavy (non-hydrogen) atoms. The summed E-state index contributed by atoms with van der Waals surface area (Å²) in [6, 6.07) is 5.37. The van der Waals surface area contributed by atoms with E-state index in [1.807, 2.05) is 0 Å². The first-order chi connectivity index (χ1) is 16.4. The molecule has 2 heterocycles. The van der Waals surface area contributed by atoms with Gasteiger partial charge in [0.1, 0.15) is 23.4 Å². The summed E-state index contributed by atoms with van der Waals surface area (Å²) in [7, 11) is -2.77. The molecule has 0 spiro atoms. The standard InChI is InChI=1S/C21H19F5N4O4S/c1-33-11-7-14(22)16(15(23)8-11)13-9-27-18(31)17(13)28-20-30-29-19(34-20)10-3-5-12(6-4-10)35(2,32)21(24,25)26/h3-8,13,17,32H,9H2,1-2H3,(H,27,31)(H,28,30)/t13-,17-/m0/s1. The molecule has 0 saturated carbocycles. The predicted octanol–water partition coefficient (Wildman–Crippen LogP) is 4.50. The van der Waals surface area contributed by atoms with Gasteiger partial charge in [0.05, 0.1) is 7.11 Å². The number of halogens is 5. The van der Waals surface area contributed by atoms with Crippen molar-refractivity contribution in [2.75, 3.05) is 25.2 Å². The Morgan fingerprint density at radius 3 is 2.37 bits per heavy atom. The van der Waals surface area contributed by atoms with Crippen LogP contribution in [0.5, 0.6) is 5.75 Å². The number of alkyl halides is 3. The highest BCUT2D eigenvalue weighted by molar-refractivity contribution is 8.29. The molecule has 3 atom stereocenters. The highest BCUT2D eigenvalue weighted by Crippen LogP contribution is 2.61. The molecule has 1 saturated heterocycles. The largest absolute Gasteiger partial charge is 0.497 e. The lowest BCUT2D eigenvalue weighted by Crippen LogP contribution is -2.33. The van der Waals surface area contributed by atoms with Gasteiger partial charge in [-0.1, -0.05) is 5.10 Å². The van der Waals surface area contributed by atoms with Gasteiger partial charge in [-0.15, -0.1) is 5.10 Å². The van der Waals surface area contributed by atoms with Gasteiger partial charge in [-0.05, 0) is 40.8 Å². The number of anilines is 1. The second-order valence-corrected chi connectivity index (χ2v) is 10.4. The third-order valence-corrected chi connectivity index (χ3v) is 7.65. The lowest BCUT2D eigenvalue weighted by Gasteiger charge is -2.31. The van der Waals surface area contributed by atoms with E-state index < -0.39 is 45.3 Å². The molecule has 0 radical (unpaired) electrons. The SMILES string of the molecule is COc1cc(F)c([C@@H]2CNC(=O)[C@H]2Nc2nnc(-c3ccc(S(C)(O)C(F)(F)F)cc3)o2)c(F)c1. The van der Waals surface area contributed by atoms with Gasteiger partial charge in [0.25, 0.3) is 0 Å². The zero-order valence-corrected chi connectivity index (χ0v) is 19.0. The van der Waals surface area contributed by atoms with E-state index in [-0.39, 0.29) is 40.2 Å². The van der Waals surface area contributed by atoms with Crippen LogP contribution in [-0.2, 0) is 4.79 Å². The molecule has 3 aromatic rings. The van der Waals surface area contributed by atoms with Crippen molar-refractivity contribution >= 4 is 22.2 Å². The van der Waals surface area contributed by atoms with Crippen LogP contribution in [0.1, 0.15) is 11.5 Å². The average Bonchev–Trinajstić information content (AvgIpc) is 3.40. The van der Waals surface area contributed by atoms with E-state index in [1.165, 1.54) is 19.2 Å². The van der Waals surface area contributed by atoms with Gasteiger partial charge in [0.15, 0.2) is 0 Å². The van der Waals surface area contributed by atoms with Gasteiger partial charge in [0, 0.05) is 40.6 Å². The van der Waals surface area contributed by atoms with Crippen LogP contribution in [0.4, 0.5) is 28.0 Å². The van der Waals surface area contributed by atoms with E-state index in [2.05, 4.69) is 20.8 Å². The molecule has 1 aliphatic rings. The number of ether oxygens (including phenoxy) is 1. The molecule has 188 valence electrons. The van der Waals surface area contributed by atoms with Crippen LogP contribution in [-0.4, -0.2) is 52.1 Å². The highest BCUT2D eigenvalue weighted by Gasteiger charge is 2.47. The molecule has 1 aliphatic heterocycles. The summed E-state index contributed by atoms with van der Waals surface area (Å²) < 4.78 is 88.5. The number of rotatable bonds is 6. The van der Waals surface area contributed by atoms with E-state index in [9.17, 15) is 31.3 Å². The smallest absolute Gasteiger partial charge is 0.450 e. The van der Waals surface area contributed by atoms with Crippen molar-refractivity contribution in [2.24, 2.45) is 0 Å². The Labute approximate surface area is 197 Å². The van der Waals surface area contributed by atoms with E-state index in [0.29, 0.717) is 6.26 Å². The van der Waals surface area contributed by atoms with Gasteiger partial charge in [0.2, 0.25) is 11.8 Å².